The van der Waals surface area contributed by atoms with Crippen molar-refractivity contribution in [2.24, 2.45) is 0 Å². The lowest BCUT2D eigenvalue weighted by Gasteiger charge is -2.51. The van der Waals surface area contributed by atoms with E-state index >= 15 is 0 Å². The largest absolute Gasteiger partial charge is 0.459 e. The summed E-state index contributed by atoms with van der Waals surface area (Å²) in [4.78, 5) is 27.0. The predicted molar refractivity (Wildman–Crippen MR) is 93.8 cm³/mol. The molecule has 2 aliphatic rings. The molecule has 25 heavy (non-hydrogen) atoms. The molecule has 0 bridgehead atoms. The van der Waals surface area contributed by atoms with Gasteiger partial charge in [0.05, 0.1) is 0 Å². The number of aliphatic hydroxyl groups is 1. The fraction of sp³-hybridized carbons (Fsp3) is 0.556. The molecule has 1 N–H and O–H groups in total. The number of thioether (sulfide) groups is 1. The minimum atomic E-state index is -1.05. The molecule has 2 saturated heterocycles. The summed E-state index contributed by atoms with van der Waals surface area (Å²) >= 11 is 1.52. The molecule has 2 heterocycles. The fourth-order valence-corrected chi connectivity index (χ4v) is 5.32. The second-order valence-corrected chi connectivity index (χ2v) is 8.58. The smallest absolute Gasteiger partial charge is 0.330 e. The monoisotopic (exact) mass is 365 g/mol. The van der Waals surface area contributed by atoms with Gasteiger partial charge in [-0.2, -0.15) is 0 Å². The summed E-state index contributed by atoms with van der Waals surface area (Å²) < 4.78 is 10.4. The van der Waals surface area contributed by atoms with Crippen LogP contribution in [0.5, 0.6) is 0 Å². The van der Waals surface area contributed by atoms with E-state index in [-0.39, 0.29) is 30.9 Å². The normalized spacial score (nSPS) is 29.9. The van der Waals surface area contributed by atoms with Crippen LogP contribution in [0.3, 0.4) is 0 Å². The molecule has 2 fully saturated rings. The summed E-state index contributed by atoms with van der Waals surface area (Å²) in [5.74, 6) is -0.667. The Hall–Kier alpha value is -1.57. The molecule has 0 radical (unpaired) electrons. The first-order valence-electron chi connectivity index (χ1n) is 8.24. The summed E-state index contributed by atoms with van der Waals surface area (Å²) in [5, 5.41) is 9.01. The molecule has 0 spiro atoms. The Balaban J connectivity index is 1.75. The van der Waals surface area contributed by atoms with E-state index in [1.165, 1.54) is 18.9 Å². The van der Waals surface area contributed by atoms with Gasteiger partial charge in [-0.1, -0.05) is 30.3 Å². The number of carbonyl (C=O) groups is 2. The number of benzene rings is 1. The van der Waals surface area contributed by atoms with Crippen molar-refractivity contribution in [1.29, 1.82) is 0 Å². The summed E-state index contributed by atoms with van der Waals surface area (Å²) in [5.41, 5.74) is -0.150. The van der Waals surface area contributed by atoms with E-state index in [0.717, 1.165) is 5.56 Å². The van der Waals surface area contributed by atoms with Crippen LogP contribution in [0.2, 0.25) is 0 Å². The van der Waals surface area contributed by atoms with Crippen molar-refractivity contribution in [3.8, 4) is 0 Å². The fourth-order valence-electron chi connectivity index (χ4n) is 3.57. The number of esters is 1. The van der Waals surface area contributed by atoms with Gasteiger partial charge >= 0.3 is 5.97 Å². The molecule has 136 valence electrons. The van der Waals surface area contributed by atoms with E-state index in [1.54, 1.807) is 4.90 Å². The van der Waals surface area contributed by atoms with Gasteiger partial charge in [-0.15, -0.1) is 11.8 Å². The number of nitrogens with zero attached hydrogens (tertiary/aromatic N) is 1. The number of hydrogen-bond acceptors (Lipinski definition) is 6. The van der Waals surface area contributed by atoms with Crippen molar-refractivity contribution in [2.75, 3.05) is 13.7 Å². The predicted octanol–water partition coefficient (Wildman–Crippen LogP) is 1.56. The van der Waals surface area contributed by atoms with Gasteiger partial charge < -0.3 is 19.5 Å². The van der Waals surface area contributed by atoms with Gasteiger partial charge in [0.1, 0.15) is 18.0 Å². The molecule has 7 heteroatoms. The van der Waals surface area contributed by atoms with Gasteiger partial charge in [-0.25, -0.2) is 4.79 Å². The van der Waals surface area contributed by atoms with Gasteiger partial charge in [-0.05, 0) is 19.4 Å². The lowest BCUT2D eigenvalue weighted by molar-refractivity contribution is -0.197. The first-order chi connectivity index (χ1) is 11.9. The SMILES string of the molecule is CO[C@]1(CCO)C(=O)N2[C@@H](C(=O)OCc3ccccc3)C(C)(C)S[C@@H]21. The number of amides is 1. The Morgan fingerprint density at radius 3 is 2.60 bits per heavy atom. The van der Waals surface area contributed by atoms with Crippen LogP contribution in [0.25, 0.3) is 0 Å². The maximum absolute atomic E-state index is 12.7. The Morgan fingerprint density at radius 2 is 2.00 bits per heavy atom. The molecular weight excluding hydrogens is 342 g/mol. The van der Waals surface area contributed by atoms with E-state index in [2.05, 4.69) is 0 Å². The van der Waals surface area contributed by atoms with Crippen LogP contribution in [-0.2, 0) is 25.7 Å². The van der Waals surface area contributed by atoms with Crippen molar-refractivity contribution >= 4 is 23.6 Å². The molecule has 2 aliphatic heterocycles. The summed E-state index contributed by atoms with van der Waals surface area (Å²) in [7, 11) is 1.47. The lowest BCUT2D eigenvalue weighted by atomic mass is 9.85. The number of hydrogen-bond donors (Lipinski definition) is 1. The van der Waals surface area contributed by atoms with Crippen molar-refractivity contribution < 1.29 is 24.2 Å². The van der Waals surface area contributed by atoms with E-state index in [9.17, 15) is 14.7 Å². The Morgan fingerprint density at radius 1 is 1.32 bits per heavy atom. The van der Waals surface area contributed by atoms with Gasteiger partial charge in [0.15, 0.2) is 5.60 Å². The quantitative estimate of drug-likeness (QED) is 0.609. The van der Waals surface area contributed by atoms with Crippen LogP contribution >= 0.6 is 11.8 Å². The summed E-state index contributed by atoms with van der Waals surface area (Å²) in [6.45, 7) is 3.89. The maximum atomic E-state index is 12.7. The first-order valence-corrected chi connectivity index (χ1v) is 9.12. The topological polar surface area (TPSA) is 76.1 Å². The minimum Gasteiger partial charge on any atom is -0.459 e. The number of carbonyl (C=O) groups excluding carboxylic acids is 2. The third-order valence-electron chi connectivity index (χ3n) is 4.89. The number of aliphatic hydroxyl groups excluding tert-OH is 1. The van der Waals surface area contributed by atoms with E-state index < -0.39 is 22.4 Å². The molecule has 6 nitrogen and oxygen atoms in total. The van der Waals surface area contributed by atoms with Crippen molar-refractivity contribution in [3.05, 3.63) is 35.9 Å². The van der Waals surface area contributed by atoms with Gasteiger partial charge in [0, 0.05) is 24.9 Å². The van der Waals surface area contributed by atoms with Crippen LogP contribution in [0.1, 0.15) is 25.8 Å². The first kappa shape index (κ1) is 18.2. The molecule has 0 saturated carbocycles. The number of methoxy groups -OCH3 is 1. The average molecular weight is 365 g/mol. The Kier molecular flexibility index (Phi) is 4.83. The molecule has 0 aliphatic carbocycles. The number of fused-ring (bicyclic) bond motifs is 1. The zero-order valence-electron chi connectivity index (χ0n) is 14.6. The van der Waals surface area contributed by atoms with E-state index in [1.807, 2.05) is 44.2 Å². The molecule has 3 rings (SSSR count). The highest BCUT2D eigenvalue weighted by molar-refractivity contribution is 8.01. The maximum Gasteiger partial charge on any atom is 0.330 e. The molecule has 0 unspecified atom stereocenters. The molecule has 0 aromatic heterocycles. The number of β-lactam (4-membered cyclic amide) rings is 1. The summed E-state index contributed by atoms with van der Waals surface area (Å²) in [6, 6.07) is 8.77. The molecule has 3 atom stereocenters. The van der Waals surface area contributed by atoms with Gasteiger partial charge in [0.2, 0.25) is 0 Å². The van der Waals surface area contributed by atoms with Crippen LogP contribution in [0.15, 0.2) is 30.3 Å². The highest BCUT2D eigenvalue weighted by Crippen LogP contribution is 2.57. The van der Waals surface area contributed by atoms with E-state index in [0.29, 0.717) is 0 Å². The van der Waals surface area contributed by atoms with Gasteiger partial charge in [0.25, 0.3) is 5.91 Å². The van der Waals surface area contributed by atoms with Crippen LogP contribution < -0.4 is 0 Å². The van der Waals surface area contributed by atoms with Crippen molar-refractivity contribution in [1.82, 2.24) is 4.90 Å². The zero-order valence-corrected chi connectivity index (χ0v) is 15.4. The third kappa shape index (κ3) is 2.84. The molecule has 1 aromatic carbocycles. The van der Waals surface area contributed by atoms with E-state index in [4.69, 9.17) is 9.47 Å². The molecular formula is C18H23NO5S. The lowest BCUT2D eigenvalue weighted by Crippen LogP contribution is -2.74. The summed E-state index contributed by atoms with van der Waals surface area (Å²) in [6.07, 6.45) is 0.221. The van der Waals surface area contributed by atoms with Crippen molar-refractivity contribution in [2.45, 2.75) is 48.6 Å². The number of rotatable bonds is 6. The minimum absolute atomic E-state index is 0.145. The average Bonchev–Trinajstić information content (AvgIpc) is 2.87. The Labute approximate surface area is 151 Å². The molecule has 1 amide bonds. The Bertz CT molecular complexity index is 665. The second-order valence-electron chi connectivity index (χ2n) is 6.85. The van der Waals surface area contributed by atoms with Crippen LogP contribution in [-0.4, -0.2) is 57.4 Å². The highest BCUT2D eigenvalue weighted by Gasteiger charge is 2.71. The van der Waals surface area contributed by atoms with Crippen molar-refractivity contribution in [3.63, 3.8) is 0 Å². The second kappa shape index (κ2) is 6.63. The highest BCUT2D eigenvalue weighted by atomic mass is 32.2. The third-order valence-corrected chi connectivity index (χ3v) is 6.56. The van der Waals surface area contributed by atoms with Crippen LogP contribution in [0.4, 0.5) is 0 Å². The van der Waals surface area contributed by atoms with Crippen LogP contribution in [0, 0.1) is 0 Å². The molecule has 1 aromatic rings. The number of ether oxygens (including phenoxy) is 2. The zero-order chi connectivity index (χ0) is 18.2. The van der Waals surface area contributed by atoms with Gasteiger partial charge in [-0.3, -0.25) is 4.79 Å². The standard InChI is InChI=1S/C18H23NO5S/c1-17(2)13(14(21)24-11-12-7-5-4-6-8-12)19-15(22)18(23-3,9-10-20)16(19)25-17/h4-8,13,16,20H,9-11H2,1-3H3/t13-,16+,18+/m0/s1.